The van der Waals surface area contributed by atoms with Gasteiger partial charge in [0.05, 0.1) is 0 Å². The van der Waals surface area contributed by atoms with Crippen LogP contribution in [0.2, 0.25) is 12.6 Å². The summed E-state index contributed by atoms with van der Waals surface area (Å²) in [4.78, 5) is 0. The molecule has 0 aliphatic heterocycles. The molecule has 0 bridgehead atoms. The smallest absolute Gasteiger partial charge is 0.0808 e. The molecule has 0 radical (unpaired) electrons. The number of hydrogen-bond acceptors (Lipinski definition) is 0. The molecular weight excluding hydrogens is 232 g/mol. The molecule has 0 fully saturated rings. The summed E-state index contributed by atoms with van der Waals surface area (Å²) >= 11 is 0. The number of hydrogen-bond donors (Lipinski definition) is 0. The lowest BCUT2D eigenvalue weighted by Gasteiger charge is -2.30. The Bertz CT molecular complexity index is 456. The summed E-state index contributed by atoms with van der Waals surface area (Å²) in [5.74, 6) is 0. The van der Waals surface area contributed by atoms with E-state index in [1.54, 1.807) is 16.0 Å². The lowest BCUT2D eigenvalue weighted by Crippen LogP contribution is -2.46. The summed E-state index contributed by atoms with van der Waals surface area (Å²) in [6, 6.07) is 12.5. The zero-order valence-corrected chi connectivity index (χ0v) is 12.9. The lowest BCUT2D eigenvalue weighted by molar-refractivity contribution is 0.922. The van der Waals surface area contributed by atoms with E-state index in [1.807, 2.05) is 0 Å². The van der Waals surface area contributed by atoms with Crippen LogP contribution < -0.4 is 5.19 Å². The van der Waals surface area contributed by atoms with Crippen molar-refractivity contribution in [1.82, 2.24) is 0 Å². The van der Waals surface area contributed by atoms with Crippen molar-refractivity contribution in [3.63, 3.8) is 0 Å². The maximum atomic E-state index is 2.53. The van der Waals surface area contributed by atoms with E-state index in [4.69, 9.17) is 0 Å². The Hall–Kier alpha value is -1.08. The van der Waals surface area contributed by atoms with Crippen molar-refractivity contribution in [3.8, 4) is 0 Å². The number of allylic oxidation sites excluding steroid dienone is 4. The third kappa shape index (κ3) is 2.37. The fourth-order valence-electron chi connectivity index (χ4n) is 3.00. The molecule has 2 rings (SSSR count). The van der Waals surface area contributed by atoms with Crippen LogP contribution in [-0.4, -0.2) is 8.07 Å². The van der Waals surface area contributed by atoms with E-state index < -0.39 is 8.07 Å². The van der Waals surface area contributed by atoms with Crippen molar-refractivity contribution in [2.45, 2.75) is 45.7 Å². The summed E-state index contributed by atoms with van der Waals surface area (Å²) in [7, 11) is -1.47. The predicted molar refractivity (Wildman–Crippen MR) is 83.9 cm³/mol. The van der Waals surface area contributed by atoms with Gasteiger partial charge in [-0.05, 0) is 12.8 Å². The second kappa shape index (κ2) is 5.70. The average molecular weight is 256 g/mol. The first kappa shape index (κ1) is 13.4. The summed E-state index contributed by atoms with van der Waals surface area (Å²) in [6.07, 6.45) is 8.60. The minimum atomic E-state index is -1.47. The molecule has 18 heavy (non-hydrogen) atoms. The van der Waals surface area contributed by atoms with Gasteiger partial charge in [-0.15, -0.1) is 0 Å². The molecule has 0 nitrogen and oxygen atoms in total. The Morgan fingerprint density at radius 3 is 2.39 bits per heavy atom. The summed E-state index contributed by atoms with van der Waals surface area (Å²) in [5.41, 5.74) is 1.64. The molecule has 0 aromatic heterocycles. The van der Waals surface area contributed by atoms with Gasteiger partial charge in [-0.3, -0.25) is 0 Å². The van der Waals surface area contributed by atoms with E-state index in [9.17, 15) is 0 Å². The normalized spacial score (nSPS) is 18.2. The monoisotopic (exact) mass is 256 g/mol. The largest absolute Gasteiger partial charge is 0.114 e. The highest BCUT2D eigenvalue weighted by Crippen LogP contribution is 2.33. The Balaban J connectivity index is 2.37. The molecular formula is C17H24Si. The van der Waals surface area contributed by atoms with Crippen LogP contribution in [0.3, 0.4) is 0 Å². The van der Waals surface area contributed by atoms with E-state index >= 15 is 0 Å². The Kier molecular flexibility index (Phi) is 4.23. The fraction of sp³-hybridized carbons (Fsp3) is 0.412. The predicted octanol–water partition coefficient (Wildman–Crippen LogP) is 4.59. The SMILES string of the molecule is CCCC1=CCC=C1[Si](C)(CC)c1ccccc1. The first-order valence-corrected chi connectivity index (χ1v) is 9.88. The average Bonchev–Trinajstić information content (AvgIpc) is 2.88. The van der Waals surface area contributed by atoms with Crippen LogP contribution in [0, 0.1) is 0 Å². The minimum absolute atomic E-state index is 1.15. The molecule has 0 saturated carbocycles. The highest BCUT2D eigenvalue weighted by Gasteiger charge is 2.34. The van der Waals surface area contributed by atoms with Crippen LogP contribution in [0.15, 0.2) is 53.3 Å². The van der Waals surface area contributed by atoms with Crippen molar-refractivity contribution >= 4 is 13.3 Å². The topological polar surface area (TPSA) is 0 Å². The van der Waals surface area contributed by atoms with Crippen molar-refractivity contribution < 1.29 is 0 Å². The highest BCUT2D eigenvalue weighted by molar-refractivity contribution is 6.97. The first-order chi connectivity index (χ1) is 8.72. The lowest BCUT2D eigenvalue weighted by atomic mass is 10.2. The van der Waals surface area contributed by atoms with Crippen LogP contribution >= 0.6 is 0 Å². The van der Waals surface area contributed by atoms with Crippen LogP contribution in [0.25, 0.3) is 0 Å². The maximum Gasteiger partial charge on any atom is 0.114 e. The second-order valence-corrected chi connectivity index (χ2v) is 9.87. The fourth-order valence-corrected chi connectivity index (χ4v) is 6.53. The summed E-state index contributed by atoms with van der Waals surface area (Å²) in [6.45, 7) is 7.18. The first-order valence-electron chi connectivity index (χ1n) is 7.18. The molecule has 0 saturated heterocycles. The third-order valence-corrected chi connectivity index (χ3v) is 9.00. The van der Waals surface area contributed by atoms with Crippen LogP contribution in [0.4, 0.5) is 0 Å². The van der Waals surface area contributed by atoms with E-state index in [-0.39, 0.29) is 0 Å². The number of rotatable bonds is 5. The van der Waals surface area contributed by atoms with Crippen LogP contribution in [-0.2, 0) is 0 Å². The second-order valence-electron chi connectivity index (χ2n) is 5.38. The van der Waals surface area contributed by atoms with E-state index in [1.165, 1.54) is 18.9 Å². The molecule has 1 heteroatoms. The maximum absolute atomic E-state index is 2.53. The molecule has 0 heterocycles. The van der Waals surface area contributed by atoms with Crippen molar-refractivity contribution in [1.29, 1.82) is 0 Å². The van der Waals surface area contributed by atoms with Gasteiger partial charge in [0, 0.05) is 0 Å². The van der Waals surface area contributed by atoms with Crippen molar-refractivity contribution in [2.24, 2.45) is 0 Å². The van der Waals surface area contributed by atoms with Gasteiger partial charge in [-0.25, -0.2) is 0 Å². The molecule has 1 aromatic carbocycles. The quantitative estimate of drug-likeness (QED) is 0.676. The standard InChI is InChI=1S/C17H24Si/c1-4-10-15-11-9-14-17(15)18(3,5-2)16-12-7-6-8-13-16/h6-8,11-14H,4-5,9-10H2,1-3H3. The third-order valence-electron chi connectivity index (χ3n) is 4.26. The van der Waals surface area contributed by atoms with Gasteiger partial charge in [-0.2, -0.15) is 0 Å². The zero-order chi connectivity index (χ0) is 13.0. The van der Waals surface area contributed by atoms with Gasteiger partial charge in [0.1, 0.15) is 8.07 Å². The molecule has 0 spiro atoms. The summed E-state index contributed by atoms with van der Waals surface area (Å²) < 4.78 is 0. The van der Waals surface area contributed by atoms with E-state index in [0.29, 0.717) is 0 Å². The molecule has 1 unspecified atom stereocenters. The molecule has 1 aromatic rings. The van der Waals surface area contributed by atoms with Gasteiger partial charge < -0.3 is 0 Å². The van der Waals surface area contributed by atoms with Gasteiger partial charge in [0.25, 0.3) is 0 Å². The summed E-state index contributed by atoms with van der Waals surface area (Å²) in [5, 5.41) is 3.29. The van der Waals surface area contributed by atoms with Crippen molar-refractivity contribution in [3.05, 3.63) is 53.3 Å². The van der Waals surface area contributed by atoms with Gasteiger partial charge in [-0.1, -0.05) is 91.3 Å². The van der Waals surface area contributed by atoms with Crippen LogP contribution in [0.1, 0.15) is 33.1 Å². The van der Waals surface area contributed by atoms with Gasteiger partial charge >= 0.3 is 0 Å². The Labute approximate surface area is 112 Å². The molecule has 96 valence electrons. The molecule has 0 amide bonds. The molecule has 0 N–H and O–H groups in total. The molecule has 1 aliphatic rings. The van der Waals surface area contributed by atoms with Crippen molar-refractivity contribution in [2.75, 3.05) is 0 Å². The van der Waals surface area contributed by atoms with E-state index in [2.05, 4.69) is 62.9 Å². The van der Waals surface area contributed by atoms with E-state index in [0.717, 1.165) is 6.42 Å². The van der Waals surface area contributed by atoms with Gasteiger partial charge in [0.2, 0.25) is 0 Å². The molecule has 1 atom stereocenters. The highest BCUT2D eigenvalue weighted by atomic mass is 28.3. The molecule has 1 aliphatic carbocycles. The van der Waals surface area contributed by atoms with Crippen LogP contribution in [0.5, 0.6) is 0 Å². The Morgan fingerprint density at radius 1 is 1.06 bits per heavy atom. The minimum Gasteiger partial charge on any atom is -0.0808 e. The van der Waals surface area contributed by atoms with Gasteiger partial charge in [0.15, 0.2) is 0 Å². The number of benzene rings is 1. The zero-order valence-electron chi connectivity index (χ0n) is 11.9. The Morgan fingerprint density at radius 2 is 1.78 bits per heavy atom.